The van der Waals surface area contributed by atoms with Crippen LogP contribution in [0.2, 0.25) is 0 Å². The van der Waals surface area contributed by atoms with Crippen molar-refractivity contribution in [1.82, 2.24) is 19.4 Å². The molecular weight excluding hydrogens is 260 g/mol. The van der Waals surface area contributed by atoms with Gasteiger partial charge in [-0.3, -0.25) is 14.2 Å². The summed E-state index contributed by atoms with van der Waals surface area (Å²) in [5, 5.41) is 3.15. The van der Waals surface area contributed by atoms with E-state index in [0.717, 1.165) is 24.1 Å². The fourth-order valence-electron chi connectivity index (χ4n) is 2.26. The highest BCUT2D eigenvalue weighted by Crippen LogP contribution is 1.94. The Morgan fingerprint density at radius 1 is 1.30 bits per heavy atom. The molecule has 0 saturated carbocycles. The highest BCUT2D eigenvalue weighted by atomic mass is 16.2. The van der Waals surface area contributed by atoms with Gasteiger partial charge in [0, 0.05) is 45.0 Å². The van der Waals surface area contributed by atoms with E-state index in [4.69, 9.17) is 0 Å². The van der Waals surface area contributed by atoms with Crippen LogP contribution in [0.5, 0.6) is 0 Å². The second kappa shape index (κ2) is 6.51. The molecule has 1 amide bonds. The van der Waals surface area contributed by atoms with E-state index < -0.39 is 11.2 Å². The van der Waals surface area contributed by atoms with Gasteiger partial charge in [-0.15, -0.1) is 0 Å². The van der Waals surface area contributed by atoms with E-state index in [1.165, 1.54) is 16.8 Å². The molecule has 0 bridgehead atoms. The first-order chi connectivity index (χ1) is 9.63. The summed E-state index contributed by atoms with van der Waals surface area (Å²) in [5.41, 5.74) is -0.839. The third-order valence-electron chi connectivity index (χ3n) is 3.37. The van der Waals surface area contributed by atoms with E-state index in [0.29, 0.717) is 19.6 Å². The van der Waals surface area contributed by atoms with Crippen molar-refractivity contribution in [2.24, 2.45) is 0 Å². The highest BCUT2D eigenvalue weighted by Gasteiger charge is 2.18. The van der Waals surface area contributed by atoms with Crippen LogP contribution < -0.4 is 16.6 Å². The maximum Gasteiger partial charge on any atom is 0.331 e. The minimum absolute atomic E-state index is 0.178. The number of piperazine rings is 1. The number of nitrogens with one attached hydrogen (secondary N) is 1. The maximum atomic E-state index is 12.1. The summed E-state index contributed by atoms with van der Waals surface area (Å²) in [4.78, 5) is 37.7. The zero-order valence-electron chi connectivity index (χ0n) is 11.7. The van der Waals surface area contributed by atoms with Crippen LogP contribution in [0.15, 0.2) is 21.9 Å². The Balaban J connectivity index is 2.19. The quantitative estimate of drug-likeness (QED) is 0.756. The van der Waals surface area contributed by atoms with Crippen molar-refractivity contribution in [3.63, 3.8) is 0 Å². The van der Waals surface area contributed by atoms with Gasteiger partial charge in [0.2, 0.25) is 5.91 Å². The number of nitrogens with zero attached hydrogens (tertiary/aromatic N) is 3. The number of carbonyl (C=O) groups is 1. The molecule has 1 fully saturated rings. The van der Waals surface area contributed by atoms with Crippen molar-refractivity contribution < 1.29 is 4.79 Å². The van der Waals surface area contributed by atoms with Gasteiger partial charge < -0.3 is 14.8 Å². The predicted molar refractivity (Wildman–Crippen MR) is 74.7 cm³/mol. The molecule has 0 aromatic carbocycles. The maximum absolute atomic E-state index is 12.1. The Hall–Kier alpha value is -1.89. The average molecular weight is 280 g/mol. The van der Waals surface area contributed by atoms with Crippen LogP contribution in [0.4, 0.5) is 0 Å². The van der Waals surface area contributed by atoms with Crippen molar-refractivity contribution in [2.75, 3.05) is 26.2 Å². The van der Waals surface area contributed by atoms with Gasteiger partial charge in [0.05, 0.1) is 0 Å². The first-order valence-electron chi connectivity index (χ1n) is 6.92. The van der Waals surface area contributed by atoms with E-state index in [1.807, 2.05) is 6.92 Å². The fourth-order valence-corrected chi connectivity index (χ4v) is 2.26. The third-order valence-corrected chi connectivity index (χ3v) is 3.37. The summed E-state index contributed by atoms with van der Waals surface area (Å²) in [5.74, 6) is -0.181. The molecule has 0 spiro atoms. The molecule has 1 N–H and O–H groups in total. The molecule has 110 valence electrons. The minimum atomic E-state index is -0.425. The van der Waals surface area contributed by atoms with Gasteiger partial charge in [-0.05, 0) is 6.42 Å². The van der Waals surface area contributed by atoms with Crippen molar-refractivity contribution in [2.45, 2.75) is 26.4 Å². The topological polar surface area (TPSA) is 76.3 Å². The summed E-state index contributed by atoms with van der Waals surface area (Å²) < 4.78 is 2.48. The molecule has 2 rings (SSSR count). The van der Waals surface area contributed by atoms with Gasteiger partial charge in [-0.25, -0.2) is 4.79 Å². The van der Waals surface area contributed by atoms with Crippen LogP contribution in [0.25, 0.3) is 0 Å². The molecule has 1 saturated heterocycles. The van der Waals surface area contributed by atoms with Gasteiger partial charge >= 0.3 is 5.69 Å². The lowest BCUT2D eigenvalue weighted by Gasteiger charge is -2.27. The van der Waals surface area contributed by atoms with E-state index in [1.54, 1.807) is 4.90 Å². The van der Waals surface area contributed by atoms with Gasteiger partial charge in [-0.1, -0.05) is 6.92 Å². The third kappa shape index (κ3) is 3.16. The standard InChI is InChI=1S/C13H20N4O3/c1-2-6-16-7-3-11(18)17(13(16)20)10-12(19)15-8-4-14-5-9-15/h3,7,14H,2,4-6,8-10H2,1H3. The van der Waals surface area contributed by atoms with Crippen molar-refractivity contribution in [3.05, 3.63) is 33.1 Å². The molecule has 7 nitrogen and oxygen atoms in total. The predicted octanol–water partition coefficient (Wildman–Crippen LogP) is -1.15. The smallest absolute Gasteiger partial charge is 0.331 e. The van der Waals surface area contributed by atoms with Gasteiger partial charge in [0.1, 0.15) is 6.54 Å². The van der Waals surface area contributed by atoms with Crippen molar-refractivity contribution in [1.29, 1.82) is 0 Å². The molecule has 1 aromatic heterocycles. The Morgan fingerprint density at radius 3 is 2.65 bits per heavy atom. The van der Waals surface area contributed by atoms with Crippen molar-refractivity contribution in [3.8, 4) is 0 Å². The molecule has 1 aliphatic heterocycles. The molecule has 2 heterocycles. The number of aryl methyl sites for hydroxylation is 1. The van der Waals surface area contributed by atoms with E-state index >= 15 is 0 Å². The molecule has 1 aliphatic rings. The molecule has 20 heavy (non-hydrogen) atoms. The van der Waals surface area contributed by atoms with Crippen LogP contribution >= 0.6 is 0 Å². The lowest BCUT2D eigenvalue weighted by atomic mass is 10.3. The van der Waals surface area contributed by atoms with Crippen LogP contribution in [0, 0.1) is 0 Å². The highest BCUT2D eigenvalue weighted by molar-refractivity contribution is 5.76. The largest absolute Gasteiger partial charge is 0.339 e. The number of rotatable bonds is 4. The monoisotopic (exact) mass is 280 g/mol. The summed E-state index contributed by atoms with van der Waals surface area (Å²) in [6.07, 6.45) is 2.28. The lowest BCUT2D eigenvalue weighted by molar-refractivity contribution is -0.132. The van der Waals surface area contributed by atoms with Crippen LogP contribution in [0.1, 0.15) is 13.3 Å². The molecule has 0 radical (unpaired) electrons. The fraction of sp³-hybridized carbons (Fsp3) is 0.615. The summed E-state index contributed by atoms with van der Waals surface area (Å²) in [7, 11) is 0. The zero-order chi connectivity index (χ0) is 14.5. The SMILES string of the molecule is CCCn1ccc(=O)n(CC(=O)N2CCNCC2)c1=O. The summed E-state index contributed by atoms with van der Waals surface area (Å²) >= 11 is 0. The first kappa shape index (κ1) is 14.5. The molecular formula is C13H20N4O3. The normalized spacial score (nSPS) is 15.3. The second-order valence-electron chi connectivity index (χ2n) is 4.85. The molecule has 0 atom stereocenters. The zero-order valence-corrected chi connectivity index (χ0v) is 11.7. The Bertz CT molecular complexity index is 584. The Labute approximate surface area is 116 Å². The van der Waals surface area contributed by atoms with E-state index in [9.17, 15) is 14.4 Å². The van der Waals surface area contributed by atoms with Crippen molar-refractivity contribution >= 4 is 5.91 Å². The van der Waals surface area contributed by atoms with Gasteiger partial charge in [0.25, 0.3) is 5.56 Å². The number of aromatic nitrogens is 2. The number of amides is 1. The summed E-state index contributed by atoms with van der Waals surface area (Å²) in [6, 6.07) is 1.34. The van der Waals surface area contributed by atoms with Crippen LogP contribution in [0.3, 0.4) is 0 Å². The van der Waals surface area contributed by atoms with E-state index in [2.05, 4.69) is 5.32 Å². The van der Waals surface area contributed by atoms with Crippen LogP contribution in [-0.2, 0) is 17.9 Å². The first-order valence-corrected chi connectivity index (χ1v) is 6.92. The number of hydrogen-bond acceptors (Lipinski definition) is 4. The second-order valence-corrected chi connectivity index (χ2v) is 4.85. The average Bonchev–Trinajstić information content (AvgIpc) is 2.47. The Morgan fingerprint density at radius 2 is 2.00 bits per heavy atom. The summed E-state index contributed by atoms with van der Waals surface area (Å²) in [6.45, 7) is 5.04. The van der Waals surface area contributed by atoms with Gasteiger partial charge in [0.15, 0.2) is 0 Å². The Kier molecular flexibility index (Phi) is 4.73. The lowest BCUT2D eigenvalue weighted by Crippen LogP contribution is -2.50. The van der Waals surface area contributed by atoms with Gasteiger partial charge in [-0.2, -0.15) is 0 Å². The number of carbonyl (C=O) groups excluding carboxylic acids is 1. The molecule has 7 heteroatoms. The molecule has 1 aromatic rings. The van der Waals surface area contributed by atoms with Crippen LogP contribution in [-0.4, -0.2) is 46.1 Å². The molecule has 0 aliphatic carbocycles. The minimum Gasteiger partial charge on any atom is -0.339 e. The molecule has 0 unspecified atom stereocenters. The van der Waals surface area contributed by atoms with E-state index in [-0.39, 0.29) is 12.5 Å². The number of hydrogen-bond donors (Lipinski definition) is 1.